The van der Waals surface area contributed by atoms with E-state index in [2.05, 4.69) is 0 Å². The second-order valence-corrected chi connectivity index (χ2v) is 0. The van der Waals surface area contributed by atoms with Crippen LogP contribution >= 0.6 is 0 Å². The van der Waals surface area contributed by atoms with Gasteiger partial charge in [0.25, 0.3) is 0 Å². The molecule has 0 spiro atoms. The Labute approximate surface area is 153 Å². The minimum Gasteiger partial charge on any atom is 0 e. The zero-order valence-electron chi connectivity index (χ0n) is 5.20. The highest BCUT2D eigenvalue weighted by Gasteiger charge is 0.00800. The van der Waals surface area contributed by atoms with Crippen LogP contribution in [0.25, 0.3) is 0 Å². The average Bonchev–Trinajstić information content (AvgIpc) is 0. The van der Waals surface area contributed by atoms with Gasteiger partial charge < -0.3 is 0 Å². The molecule has 9 heavy (non-hydrogen) atoms. The molecule has 0 amide bonds. The van der Waals surface area contributed by atoms with Crippen LogP contribution in [0.15, 0.2) is 0 Å². The van der Waals surface area contributed by atoms with Gasteiger partial charge in [-0.2, -0.15) is 0 Å². The molecule has 0 aromatic heterocycles. The molecular weight excluding hydrogens is 243 g/mol. The molecule has 9 heteroatoms. The van der Waals surface area contributed by atoms with E-state index in [1.807, 2.05) is 0 Å². The third-order valence-electron chi connectivity index (χ3n) is 0. The van der Waals surface area contributed by atoms with Gasteiger partial charge in [0.2, 0.25) is 0 Å². The van der Waals surface area contributed by atoms with E-state index >= 15 is 0 Å². The molecule has 0 bridgehead atoms. The molecule has 27 valence electrons. The maximum Gasteiger partial charge on any atom is 0 e. The van der Waals surface area contributed by atoms with Crippen molar-refractivity contribution in [3.63, 3.8) is 0 Å². The number of hydrogen-bond acceptors (Lipinski definition) is 0. The van der Waals surface area contributed by atoms with Gasteiger partial charge in [-0.3, -0.25) is 0 Å². The van der Waals surface area contributed by atoms with Crippen LogP contribution in [-0.2, 0) is 0 Å². The van der Waals surface area contributed by atoms with E-state index in [9.17, 15) is 0 Å². The summed E-state index contributed by atoms with van der Waals surface area (Å²) in [6.45, 7) is 0. The first kappa shape index (κ1) is 98.3. The second-order valence-electron chi connectivity index (χ2n) is 0. The topological polar surface area (TPSA) is 0 Å². The molecule has 0 rings (SSSR count). The summed E-state index contributed by atoms with van der Waals surface area (Å²) in [5, 5.41) is 0. The Kier molecular flexibility index (Phi) is 846. The van der Waals surface area contributed by atoms with Gasteiger partial charge in [0, 0.05) is 156 Å². The predicted octanol–water partition coefficient (Wildman–Crippen LogP) is -3.43. The second kappa shape index (κ2) is 77.5. The molecule has 0 aromatic carbocycles. The first-order chi connectivity index (χ1) is 0. The van der Waals surface area contributed by atoms with Crippen molar-refractivity contribution in [3.05, 3.63) is 0 Å². The van der Waals surface area contributed by atoms with Crippen molar-refractivity contribution < 1.29 is 0 Å². The molecule has 0 heterocycles. The lowest BCUT2D eigenvalue weighted by molar-refractivity contribution is 5.75. The van der Waals surface area contributed by atoms with Crippen LogP contribution in [0.2, 0.25) is 0 Å². The fourth-order valence-electron chi connectivity index (χ4n) is 0. The monoisotopic (exact) mass is 243 g/mol. The summed E-state index contributed by atoms with van der Waals surface area (Å²) in [7, 11) is 0. The molecule has 0 aromatic rings. The number of hydrogen-bond donors (Lipinski definition) is 0. The van der Waals surface area contributed by atoms with E-state index in [1.165, 1.54) is 0 Å². The van der Waals surface area contributed by atoms with Crippen LogP contribution in [0, 0.1) is 0 Å². The fourth-order valence-corrected chi connectivity index (χ4v) is 0. The molecule has 27 radical (unpaired) electrons. The Bertz CT molecular complexity index is 0. The summed E-state index contributed by atoms with van der Waals surface area (Å²) < 4.78 is 0. The highest BCUT2D eigenvalue weighted by Crippen LogP contribution is -0.373. The first-order valence-electron chi connectivity index (χ1n) is 0. The normalized spacial score (nSPS) is 0. The third-order valence-corrected chi connectivity index (χ3v) is 0. The average molecular weight is 243 g/mol. The van der Waals surface area contributed by atoms with Gasteiger partial charge in [-0.25, -0.2) is 0 Å². The van der Waals surface area contributed by atoms with Crippen LogP contribution in [-0.4, -0.2) is 156 Å². The zero-order chi connectivity index (χ0) is 0. The SMILES string of the molecule is [Al].[Al].[Al].[Al].[Al].[Al].[Al].[Al].[Al]. The Hall–Kier alpha value is 4.79. The minimum atomic E-state index is 0. The maximum absolute atomic E-state index is 0. The molecule has 0 nitrogen and oxygen atoms in total. The van der Waals surface area contributed by atoms with Crippen molar-refractivity contribution in [1.82, 2.24) is 0 Å². The van der Waals surface area contributed by atoms with E-state index in [-0.39, 0.29) is 156 Å². The summed E-state index contributed by atoms with van der Waals surface area (Å²) in [5.74, 6) is 0. The molecule has 0 fully saturated rings. The Morgan fingerprint density at radius 1 is 0.111 bits per heavy atom. The van der Waals surface area contributed by atoms with Gasteiger partial charge in [-0.1, -0.05) is 0 Å². The molecule has 0 N–H and O–H groups in total. The molecule has 0 unspecified atom stereocenters. The lowest BCUT2D eigenvalue weighted by Crippen LogP contribution is -0.382. The summed E-state index contributed by atoms with van der Waals surface area (Å²) in [4.78, 5) is 0. The van der Waals surface area contributed by atoms with Crippen molar-refractivity contribution in [2.24, 2.45) is 0 Å². The van der Waals surface area contributed by atoms with Crippen LogP contribution < -0.4 is 0 Å². The van der Waals surface area contributed by atoms with Crippen LogP contribution in [0.4, 0.5) is 0 Å². The van der Waals surface area contributed by atoms with Crippen molar-refractivity contribution in [1.29, 1.82) is 0 Å². The summed E-state index contributed by atoms with van der Waals surface area (Å²) >= 11 is 0. The van der Waals surface area contributed by atoms with E-state index < -0.39 is 0 Å². The molecular formula is Al9. The molecule has 0 saturated carbocycles. The largest absolute Gasteiger partial charge is 0 e. The van der Waals surface area contributed by atoms with Gasteiger partial charge in [-0.05, 0) is 0 Å². The molecule has 0 aliphatic rings. The third kappa shape index (κ3) is 64.9. The Morgan fingerprint density at radius 3 is 0.111 bits per heavy atom. The van der Waals surface area contributed by atoms with E-state index in [0.29, 0.717) is 0 Å². The van der Waals surface area contributed by atoms with Gasteiger partial charge in [-0.15, -0.1) is 0 Å². The van der Waals surface area contributed by atoms with Crippen LogP contribution in [0.5, 0.6) is 0 Å². The zero-order valence-corrected chi connectivity index (χ0v) is 15.6. The summed E-state index contributed by atoms with van der Waals surface area (Å²) in [6, 6.07) is 0. The highest BCUT2D eigenvalue weighted by molar-refractivity contribution is 5.76. The molecule has 0 aliphatic carbocycles. The lowest BCUT2D eigenvalue weighted by Gasteiger charge is -0.00100. The van der Waals surface area contributed by atoms with Crippen LogP contribution in [0.1, 0.15) is 0 Å². The minimum absolute atomic E-state index is 0. The molecule has 0 atom stereocenters. The Morgan fingerprint density at radius 2 is 0.111 bits per heavy atom. The van der Waals surface area contributed by atoms with Crippen molar-refractivity contribution in [3.8, 4) is 0 Å². The van der Waals surface area contributed by atoms with Gasteiger partial charge in [0.15, 0.2) is 0 Å². The number of rotatable bonds is 0. The first-order valence-corrected chi connectivity index (χ1v) is 0. The quantitative estimate of drug-likeness (QED) is 0.388. The van der Waals surface area contributed by atoms with E-state index in [0.717, 1.165) is 0 Å². The Balaban J connectivity index is 0. The lowest BCUT2D eigenvalue weighted by atomic mass is 27.0. The van der Waals surface area contributed by atoms with Gasteiger partial charge >= 0.3 is 0 Å². The van der Waals surface area contributed by atoms with Crippen molar-refractivity contribution in [2.75, 3.05) is 0 Å². The fraction of sp³-hybridized carbons (Fsp3) is 0. The van der Waals surface area contributed by atoms with Gasteiger partial charge in [0.1, 0.15) is 0 Å². The standard InChI is InChI=1S/9Al. The van der Waals surface area contributed by atoms with Gasteiger partial charge in [0.05, 0.1) is 0 Å². The van der Waals surface area contributed by atoms with Crippen molar-refractivity contribution >= 4 is 156 Å². The smallest absolute Gasteiger partial charge is 0 e. The molecule has 0 aliphatic heterocycles. The maximum atomic E-state index is 0. The predicted molar refractivity (Wildman–Crippen MR) is 51.8 cm³/mol. The molecule has 0 saturated heterocycles. The summed E-state index contributed by atoms with van der Waals surface area (Å²) in [5.41, 5.74) is 0. The highest BCUT2D eigenvalue weighted by atomic mass is 27.0. The van der Waals surface area contributed by atoms with Crippen molar-refractivity contribution in [2.45, 2.75) is 0 Å². The van der Waals surface area contributed by atoms with Crippen LogP contribution in [0.3, 0.4) is 0 Å². The van der Waals surface area contributed by atoms with E-state index in [1.54, 1.807) is 0 Å². The summed E-state index contributed by atoms with van der Waals surface area (Å²) in [6.07, 6.45) is 0. The van der Waals surface area contributed by atoms with E-state index in [4.69, 9.17) is 0 Å².